The van der Waals surface area contributed by atoms with Crippen molar-refractivity contribution in [2.45, 2.75) is 45.3 Å². The molecular weight excluding hydrogens is 620 g/mol. The average Bonchev–Trinajstić information content (AvgIpc) is 2.88. The fourth-order valence-electron chi connectivity index (χ4n) is 6.54. The molecule has 0 bridgehead atoms. The molecule has 45 heavy (non-hydrogen) atoms. The van der Waals surface area contributed by atoms with Crippen molar-refractivity contribution >= 4 is 45.0 Å². The number of nitro benzene ring substituents is 1. The molecule has 1 aromatic rings. The fourth-order valence-corrected chi connectivity index (χ4v) is 6.54. The van der Waals surface area contributed by atoms with Crippen molar-refractivity contribution in [3.8, 4) is 5.75 Å². The van der Waals surface area contributed by atoms with E-state index in [1.807, 2.05) is 25.7 Å². The van der Waals surface area contributed by atoms with Gasteiger partial charge >= 0.3 is 16.1 Å². The van der Waals surface area contributed by atoms with E-state index >= 15 is 0 Å². The van der Waals surface area contributed by atoms with Gasteiger partial charge in [0.25, 0.3) is 5.91 Å². The van der Waals surface area contributed by atoms with E-state index in [4.69, 9.17) is 23.3 Å². The van der Waals surface area contributed by atoms with Gasteiger partial charge in [-0.2, -0.15) is 8.42 Å². The number of rotatable bonds is 7. The van der Waals surface area contributed by atoms with E-state index in [-0.39, 0.29) is 29.9 Å². The van der Waals surface area contributed by atoms with Gasteiger partial charge in [-0.25, -0.2) is 0 Å². The summed E-state index contributed by atoms with van der Waals surface area (Å²) >= 11 is 0. The lowest BCUT2D eigenvalue weighted by atomic mass is 9.57. The lowest BCUT2D eigenvalue weighted by Crippen LogP contribution is -2.65. The topological polar surface area (TPSA) is 282 Å². The van der Waals surface area contributed by atoms with Gasteiger partial charge in [-0.3, -0.25) is 38.5 Å². The molecule has 0 saturated heterocycles. The number of hydrogen-bond donors (Lipinski definition) is 7. The van der Waals surface area contributed by atoms with E-state index in [0.717, 1.165) is 0 Å². The van der Waals surface area contributed by atoms with Gasteiger partial charge in [0, 0.05) is 36.3 Å². The lowest BCUT2D eigenvalue weighted by Gasteiger charge is -2.50. The molecule has 18 heteroatoms. The van der Waals surface area contributed by atoms with E-state index < -0.39 is 84.8 Å². The van der Waals surface area contributed by atoms with Crippen LogP contribution in [0.2, 0.25) is 0 Å². The summed E-state index contributed by atoms with van der Waals surface area (Å²) in [6.45, 7) is 6.79. The zero-order valence-corrected chi connectivity index (χ0v) is 25.9. The van der Waals surface area contributed by atoms with Crippen LogP contribution in [0.5, 0.6) is 5.75 Å². The Labute approximate surface area is 258 Å². The van der Waals surface area contributed by atoms with Gasteiger partial charge in [0.05, 0.1) is 16.5 Å². The van der Waals surface area contributed by atoms with Gasteiger partial charge in [-0.15, -0.1) is 0 Å². The molecule has 0 radical (unpaired) electrons. The number of nitro groups is 1. The number of carbonyl (C=O) groups excluding carboxylic acids is 3. The van der Waals surface area contributed by atoms with Crippen LogP contribution in [0.1, 0.15) is 38.3 Å². The third kappa shape index (κ3) is 6.23. The van der Waals surface area contributed by atoms with E-state index in [1.54, 1.807) is 0 Å². The highest BCUT2D eigenvalue weighted by Crippen LogP contribution is 2.55. The molecule has 1 fully saturated rings. The number of nitrogens with two attached hydrogens (primary N) is 1. The second-order valence-electron chi connectivity index (χ2n) is 11.7. The number of aliphatic hydroxyl groups excluding tert-OH is 2. The zero-order chi connectivity index (χ0) is 34.5. The molecule has 4 atom stereocenters. The number of primary amides is 1. The summed E-state index contributed by atoms with van der Waals surface area (Å²) in [5.74, 6) is -7.95. The summed E-state index contributed by atoms with van der Waals surface area (Å²) in [5.41, 5.74) is 1.11. The van der Waals surface area contributed by atoms with Gasteiger partial charge in [0.1, 0.15) is 17.1 Å². The maximum absolute atomic E-state index is 14.0. The number of anilines is 1. The first-order chi connectivity index (χ1) is 20.6. The molecular formula is C27H36N4O13S. The summed E-state index contributed by atoms with van der Waals surface area (Å²) in [6, 6.07) is 0.0509. The molecule has 1 saturated carbocycles. The minimum atomic E-state index is -4.67. The smallest absolute Gasteiger partial charge is 0.394 e. The molecule has 248 valence electrons. The number of ketones is 2. The quantitative estimate of drug-likeness (QED) is 0.0920. The summed E-state index contributed by atoms with van der Waals surface area (Å²) in [5, 5.41) is 56.9. The van der Waals surface area contributed by atoms with Crippen LogP contribution in [0.25, 0.3) is 5.76 Å². The molecule has 0 aliphatic heterocycles. The van der Waals surface area contributed by atoms with Crippen molar-refractivity contribution in [3.05, 3.63) is 44.2 Å². The highest BCUT2D eigenvalue weighted by atomic mass is 32.3. The Morgan fingerprint density at radius 1 is 1.20 bits per heavy atom. The van der Waals surface area contributed by atoms with Crippen molar-refractivity contribution < 1.29 is 57.3 Å². The van der Waals surface area contributed by atoms with Gasteiger partial charge in [0.15, 0.2) is 11.4 Å². The highest BCUT2D eigenvalue weighted by Gasteiger charge is 2.64. The van der Waals surface area contributed by atoms with Gasteiger partial charge < -0.3 is 31.1 Å². The van der Waals surface area contributed by atoms with E-state index in [1.165, 1.54) is 25.1 Å². The summed E-state index contributed by atoms with van der Waals surface area (Å²) in [6.07, 6.45) is -0.0245. The number of phenols is 1. The molecule has 4 rings (SSSR count). The first kappa shape index (κ1) is 35.4. The maximum atomic E-state index is 14.0. The van der Waals surface area contributed by atoms with Gasteiger partial charge in [-0.05, 0) is 51.3 Å². The SMILES string of the molecule is CCN(CC(C)C)c1cc([N+](=O)[O-])c(O)c2c1CC1CC3[C@H](N(C)C)C(=O)C(C(N)=O)=C(O)[C@@]3(O)C(=O)C1=C2O.O=S(=O)(O)O. The Bertz CT molecular complexity index is 1620. The van der Waals surface area contributed by atoms with Crippen LogP contribution >= 0.6 is 0 Å². The molecule has 3 aliphatic rings. The van der Waals surface area contributed by atoms with Gasteiger partial charge in [0.2, 0.25) is 11.5 Å². The molecule has 0 aromatic heterocycles. The fraction of sp³-hybridized carbons (Fsp3) is 0.519. The maximum Gasteiger partial charge on any atom is 0.394 e. The largest absolute Gasteiger partial charge is 0.508 e. The molecule has 0 spiro atoms. The Balaban J connectivity index is 0.00000102. The van der Waals surface area contributed by atoms with Crippen LogP contribution in [0.3, 0.4) is 0 Å². The number of aromatic hydroxyl groups is 1. The number of carbonyl (C=O) groups is 3. The predicted octanol–water partition coefficient (Wildman–Crippen LogP) is 0.702. The number of Topliss-reactive ketones (excluding diaryl/α,β-unsaturated/α-hetero) is 2. The van der Waals surface area contributed by atoms with Crippen molar-refractivity contribution in [1.29, 1.82) is 0 Å². The number of aliphatic hydroxyl groups is 3. The van der Waals surface area contributed by atoms with Crippen LogP contribution in [0.15, 0.2) is 23.0 Å². The number of phenolic OH excluding ortho intramolecular Hbond substituents is 1. The van der Waals surface area contributed by atoms with E-state index in [0.29, 0.717) is 24.3 Å². The predicted molar refractivity (Wildman–Crippen MR) is 158 cm³/mol. The molecule has 2 unspecified atom stereocenters. The lowest BCUT2D eigenvalue weighted by molar-refractivity contribution is -0.385. The molecule has 3 aliphatic carbocycles. The molecule has 1 amide bonds. The second-order valence-corrected chi connectivity index (χ2v) is 12.6. The molecule has 8 N–H and O–H groups in total. The number of nitrogens with zero attached hydrogens (tertiary/aromatic N) is 3. The van der Waals surface area contributed by atoms with Crippen molar-refractivity contribution in [1.82, 2.24) is 4.90 Å². The number of hydrogen-bond acceptors (Lipinski definition) is 13. The summed E-state index contributed by atoms with van der Waals surface area (Å²) < 4.78 is 31.6. The van der Waals surface area contributed by atoms with E-state index in [2.05, 4.69) is 0 Å². The van der Waals surface area contributed by atoms with Crippen LogP contribution < -0.4 is 10.6 Å². The summed E-state index contributed by atoms with van der Waals surface area (Å²) in [4.78, 5) is 53.7. The number of amides is 1. The minimum absolute atomic E-state index is 0.0457. The average molecular weight is 657 g/mol. The normalized spacial score (nSPS) is 24.5. The second kappa shape index (κ2) is 12.4. The first-order valence-electron chi connectivity index (χ1n) is 13.7. The van der Waals surface area contributed by atoms with Crippen molar-refractivity contribution in [3.63, 3.8) is 0 Å². The Morgan fingerprint density at radius 2 is 1.76 bits per heavy atom. The number of fused-ring (bicyclic) bond motifs is 3. The summed E-state index contributed by atoms with van der Waals surface area (Å²) in [7, 11) is -1.62. The molecule has 17 nitrogen and oxygen atoms in total. The number of benzene rings is 1. The molecule has 0 heterocycles. The monoisotopic (exact) mass is 656 g/mol. The van der Waals surface area contributed by atoms with Crippen molar-refractivity contribution in [2.24, 2.45) is 23.5 Å². The highest BCUT2D eigenvalue weighted by molar-refractivity contribution is 7.79. The Kier molecular flexibility index (Phi) is 9.72. The van der Waals surface area contributed by atoms with Crippen molar-refractivity contribution in [2.75, 3.05) is 32.1 Å². The van der Waals surface area contributed by atoms with Gasteiger partial charge in [-0.1, -0.05) is 13.8 Å². The van der Waals surface area contributed by atoms with E-state index in [9.17, 15) is 44.9 Å². The van der Waals surface area contributed by atoms with Crippen LogP contribution in [0, 0.1) is 27.9 Å². The first-order valence-corrected chi connectivity index (χ1v) is 15.1. The number of likely N-dealkylation sites (N-methyl/N-ethyl adjacent to an activating group) is 1. The minimum Gasteiger partial charge on any atom is -0.508 e. The Morgan fingerprint density at radius 3 is 2.20 bits per heavy atom. The molecule has 1 aromatic carbocycles. The van der Waals surface area contributed by atoms with Crippen LogP contribution in [-0.2, 0) is 31.2 Å². The third-order valence-electron chi connectivity index (χ3n) is 8.18. The van der Waals surface area contributed by atoms with Crippen LogP contribution in [-0.4, -0.2) is 104 Å². The van der Waals surface area contributed by atoms with Crippen LogP contribution in [0.4, 0.5) is 11.4 Å². The zero-order valence-electron chi connectivity index (χ0n) is 25.1. The third-order valence-corrected chi connectivity index (χ3v) is 8.18. The standard InChI is InChI=1S/C27H34N4O9.H2O4S/c1-6-30(10-11(2)3)15-9-16(31(39)40)21(32)18-13(15)7-12-8-14-20(29(4)5)23(34)19(26(28)37)25(36)27(14,38)24(35)17(12)22(18)33;1-5(2,3)4/h9,11-12,14,20,32-33,36,38H,6-8,10H2,1-5H3,(H2,28,37);(H2,1,2,3,4)/t12?,14?,20-,27-;/m0./s1. The Hall–Kier alpha value is -4.10.